The van der Waals surface area contributed by atoms with Crippen LogP contribution in [0, 0.1) is 0 Å². The Morgan fingerprint density at radius 1 is 1.00 bits per heavy atom. The molecule has 1 nitrogen and oxygen atoms in total. The van der Waals surface area contributed by atoms with Crippen molar-refractivity contribution in [2.45, 2.75) is 0 Å². The topological polar surface area (TPSA) is 13.1 Å². The van der Waals surface area contributed by atoms with Gasteiger partial charge in [0.1, 0.15) is 11.3 Å². The molecule has 17 heavy (non-hydrogen) atoms. The van der Waals surface area contributed by atoms with E-state index in [1.54, 1.807) is 0 Å². The highest BCUT2D eigenvalue weighted by atomic mass is 79.9. The molecule has 0 fully saturated rings. The molecular weight excluding hydrogens is 300 g/mol. The van der Waals surface area contributed by atoms with E-state index in [9.17, 15) is 0 Å². The first-order chi connectivity index (χ1) is 8.22. The molecule has 0 unspecified atom stereocenters. The monoisotopic (exact) mass is 306 g/mol. The molecule has 0 spiro atoms. The Balaban J connectivity index is 2.20. The van der Waals surface area contributed by atoms with Gasteiger partial charge in [-0.1, -0.05) is 45.7 Å². The van der Waals surface area contributed by atoms with Crippen molar-refractivity contribution in [3.63, 3.8) is 0 Å². The summed E-state index contributed by atoms with van der Waals surface area (Å²) in [6, 6.07) is 15.7. The van der Waals surface area contributed by atoms with Crippen molar-refractivity contribution < 1.29 is 4.42 Å². The minimum atomic E-state index is 0.690. The fraction of sp³-hybridized carbons (Fsp3) is 0. The molecule has 0 atom stereocenters. The fourth-order valence-electron chi connectivity index (χ4n) is 1.82. The third-order valence-electron chi connectivity index (χ3n) is 2.57. The summed E-state index contributed by atoms with van der Waals surface area (Å²) in [4.78, 5) is 0. The third-order valence-corrected chi connectivity index (χ3v) is 3.25. The first-order valence-electron chi connectivity index (χ1n) is 5.17. The summed E-state index contributed by atoms with van der Waals surface area (Å²) in [6.07, 6.45) is 0. The van der Waals surface area contributed by atoms with Gasteiger partial charge in [0.05, 0.1) is 0 Å². The van der Waals surface area contributed by atoms with Crippen molar-refractivity contribution in [3.05, 3.63) is 58.0 Å². The normalized spacial score (nSPS) is 10.9. The van der Waals surface area contributed by atoms with Gasteiger partial charge in [-0.05, 0) is 30.3 Å². The first kappa shape index (κ1) is 10.9. The van der Waals surface area contributed by atoms with E-state index in [4.69, 9.17) is 16.0 Å². The number of benzene rings is 2. The van der Waals surface area contributed by atoms with Crippen molar-refractivity contribution >= 4 is 38.5 Å². The molecule has 0 aliphatic heterocycles. The maximum absolute atomic E-state index is 6.03. The van der Waals surface area contributed by atoms with E-state index in [-0.39, 0.29) is 0 Å². The molecule has 0 radical (unpaired) electrons. The zero-order valence-electron chi connectivity index (χ0n) is 8.78. The lowest BCUT2D eigenvalue weighted by molar-refractivity contribution is 0.631. The van der Waals surface area contributed by atoms with E-state index in [0.29, 0.717) is 5.02 Å². The average Bonchev–Trinajstić information content (AvgIpc) is 2.71. The summed E-state index contributed by atoms with van der Waals surface area (Å²) in [6.45, 7) is 0. The second-order valence-corrected chi connectivity index (χ2v) is 5.16. The van der Waals surface area contributed by atoms with E-state index in [2.05, 4.69) is 15.9 Å². The summed E-state index contributed by atoms with van der Waals surface area (Å²) >= 11 is 9.46. The number of fused-ring (bicyclic) bond motifs is 1. The first-order valence-corrected chi connectivity index (χ1v) is 6.34. The van der Waals surface area contributed by atoms with Crippen molar-refractivity contribution in [1.82, 2.24) is 0 Å². The molecule has 0 aliphatic rings. The average molecular weight is 308 g/mol. The predicted molar refractivity (Wildman–Crippen MR) is 74.4 cm³/mol. The number of rotatable bonds is 1. The van der Waals surface area contributed by atoms with Crippen LogP contribution in [-0.2, 0) is 0 Å². The van der Waals surface area contributed by atoms with Crippen LogP contribution in [0.25, 0.3) is 22.3 Å². The SMILES string of the molecule is Clc1cc(Br)cc(-c2cc3ccccc3o2)c1. The zero-order valence-corrected chi connectivity index (χ0v) is 11.1. The molecule has 1 aromatic heterocycles. The second kappa shape index (κ2) is 4.21. The largest absolute Gasteiger partial charge is 0.456 e. The van der Waals surface area contributed by atoms with Gasteiger partial charge < -0.3 is 4.42 Å². The molecule has 3 aromatic rings. The molecule has 0 saturated carbocycles. The quantitative estimate of drug-likeness (QED) is 0.577. The lowest BCUT2D eigenvalue weighted by atomic mass is 10.1. The molecule has 2 aromatic carbocycles. The number of halogens is 2. The molecule has 3 rings (SSSR count). The van der Waals surface area contributed by atoms with Crippen molar-refractivity contribution in [2.24, 2.45) is 0 Å². The van der Waals surface area contributed by atoms with Crippen LogP contribution in [0.15, 0.2) is 57.4 Å². The Labute approximate surface area is 112 Å². The molecular formula is C14H8BrClO. The van der Waals surface area contributed by atoms with Gasteiger partial charge in [-0.3, -0.25) is 0 Å². The highest BCUT2D eigenvalue weighted by Gasteiger charge is 2.07. The van der Waals surface area contributed by atoms with E-state index in [1.165, 1.54) is 0 Å². The van der Waals surface area contributed by atoms with Crippen molar-refractivity contribution in [1.29, 1.82) is 0 Å². The van der Waals surface area contributed by atoms with Gasteiger partial charge in [-0.2, -0.15) is 0 Å². The molecule has 1 heterocycles. The molecule has 0 aliphatic carbocycles. The molecule has 0 amide bonds. The van der Waals surface area contributed by atoms with Crippen molar-refractivity contribution in [3.8, 4) is 11.3 Å². The van der Waals surface area contributed by atoms with E-state index in [1.807, 2.05) is 48.5 Å². The summed E-state index contributed by atoms with van der Waals surface area (Å²) in [7, 11) is 0. The summed E-state index contributed by atoms with van der Waals surface area (Å²) in [5.74, 6) is 0.828. The fourth-order valence-corrected chi connectivity index (χ4v) is 2.68. The lowest BCUT2D eigenvalue weighted by Gasteiger charge is -1.99. The zero-order chi connectivity index (χ0) is 11.8. The number of hydrogen-bond acceptors (Lipinski definition) is 1. The highest BCUT2D eigenvalue weighted by Crippen LogP contribution is 2.31. The van der Waals surface area contributed by atoms with Crippen LogP contribution in [0.4, 0.5) is 0 Å². The molecule has 84 valence electrons. The van der Waals surface area contributed by atoms with Gasteiger partial charge in [0.15, 0.2) is 0 Å². The van der Waals surface area contributed by atoms with Crippen LogP contribution in [0.5, 0.6) is 0 Å². The van der Waals surface area contributed by atoms with E-state index < -0.39 is 0 Å². The molecule has 3 heteroatoms. The maximum atomic E-state index is 6.03. The maximum Gasteiger partial charge on any atom is 0.135 e. The van der Waals surface area contributed by atoms with Gasteiger partial charge in [0.25, 0.3) is 0 Å². The summed E-state index contributed by atoms with van der Waals surface area (Å²) < 4.78 is 6.73. The third kappa shape index (κ3) is 2.11. The second-order valence-electron chi connectivity index (χ2n) is 3.81. The van der Waals surface area contributed by atoms with Gasteiger partial charge in [-0.15, -0.1) is 0 Å². The van der Waals surface area contributed by atoms with Crippen LogP contribution in [-0.4, -0.2) is 0 Å². The Morgan fingerprint density at radius 3 is 2.59 bits per heavy atom. The van der Waals surface area contributed by atoms with E-state index in [0.717, 1.165) is 26.8 Å². The van der Waals surface area contributed by atoms with Crippen molar-refractivity contribution in [2.75, 3.05) is 0 Å². The minimum Gasteiger partial charge on any atom is -0.456 e. The standard InChI is InChI=1S/C14H8BrClO/c15-11-5-10(6-12(16)8-11)14-7-9-3-1-2-4-13(9)17-14/h1-8H. The minimum absolute atomic E-state index is 0.690. The van der Waals surface area contributed by atoms with E-state index >= 15 is 0 Å². The lowest BCUT2D eigenvalue weighted by Crippen LogP contribution is -1.74. The molecule has 0 saturated heterocycles. The van der Waals surface area contributed by atoms with Gasteiger partial charge in [0.2, 0.25) is 0 Å². The number of para-hydroxylation sites is 1. The van der Waals surface area contributed by atoms with Crippen LogP contribution in [0.3, 0.4) is 0 Å². The predicted octanol–water partition coefficient (Wildman–Crippen LogP) is 5.52. The highest BCUT2D eigenvalue weighted by molar-refractivity contribution is 9.10. The van der Waals surface area contributed by atoms with Crippen LogP contribution >= 0.6 is 27.5 Å². The van der Waals surface area contributed by atoms with Crippen LogP contribution in [0.2, 0.25) is 5.02 Å². The molecule has 0 bridgehead atoms. The Morgan fingerprint density at radius 2 is 1.82 bits per heavy atom. The van der Waals surface area contributed by atoms with Gasteiger partial charge in [0, 0.05) is 20.4 Å². The summed E-state index contributed by atoms with van der Waals surface area (Å²) in [5.41, 5.74) is 1.86. The van der Waals surface area contributed by atoms with Crippen LogP contribution in [0.1, 0.15) is 0 Å². The number of hydrogen-bond donors (Lipinski definition) is 0. The Hall–Kier alpha value is -1.25. The molecule has 0 N–H and O–H groups in total. The van der Waals surface area contributed by atoms with Crippen LogP contribution < -0.4 is 0 Å². The number of furan rings is 1. The van der Waals surface area contributed by atoms with Gasteiger partial charge in [-0.25, -0.2) is 0 Å². The van der Waals surface area contributed by atoms with Gasteiger partial charge >= 0.3 is 0 Å². The smallest absolute Gasteiger partial charge is 0.135 e. The summed E-state index contributed by atoms with van der Waals surface area (Å²) in [5, 5.41) is 1.79. The Kier molecular flexibility index (Phi) is 2.69. The Bertz CT molecular complexity index is 634.